The van der Waals surface area contributed by atoms with Gasteiger partial charge in [0.1, 0.15) is 54.1 Å². The number of rotatable bonds is 35. The van der Waals surface area contributed by atoms with Gasteiger partial charge in [-0.1, -0.05) is 56.3 Å². The summed E-state index contributed by atoms with van der Waals surface area (Å²) in [4.78, 5) is 161. The van der Waals surface area contributed by atoms with E-state index in [9.17, 15) is 67.7 Å². The summed E-state index contributed by atoms with van der Waals surface area (Å²) in [6.45, 7) is 4.45. The first-order valence-electron chi connectivity index (χ1n) is 26.6. The van der Waals surface area contributed by atoms with E-state index in [1.165, 1.54) is 43.0 Å². The van der Waals surface area contributed by atoms with E-state index in [1.54, 1.807) is 30.3 Å². The van der Waals surface area contributed by atoms with Crippen molar-refractivity contribution in [3.63, 3.8) is 0 Å². The number of phenolic OH excluding ortho intramolecular Hbond substituents is 1. The number of aliphatic carboxylic acids is 1. The van der Waals surface area contributed by atoms with Crippen molar-refractivity contribution in [2.45, 2.75) is 146 Å². The van der Waals surface area contributed by atoms with E-state index in [2.05, 4.69) is 42.5 Å². The van der Waals surface area contributed by atoms with Gasteiger partial charge in [0.15, 0.2) is 0 Å². The van der Waals surface area contributed by atoms with Gasteiger partial charge in [0, 0.05) is 19.4 Å². The Morgan fingerprint density at radius 3 is 1.77 bits per heavy atom. The van der Waals surface area contributed by atoms with E-state index < -0.39 is 145 Å². The van der Waals surface area contributed by atoms with E-state index in [1.807, 2.05) is 20.1 Å². The highest BCUT2D eigenvalue weighted by atomic mass is 32.2. The smallest absolute Gasteiger partial charge is 0.305 e. The Balaban J connectivity index is 1.91. The Labute approximate surface area is 474 Å². The van der Waals surface area contributed by atoms with Gasteiger partial charge in [0.25, 0.3) is 0 Å². The molecule has 1 saturated heterocycles. The zero-order valence-corrected chi connectivity index (χ0v) is 46.9. The SMILES string of the molecule is CSCC[C@H](NC(=O)[C@H](CC(C)C)NC(=O)CNC(=O)[C@H](Cc1ccc(O)cc1)NC(=O)[C@H](Cc1ccccc1)NC(=O)[C@H](CCCCN)NC(=O)[C@H](CC(N)=O)NC(=O)[C@@H]1CCCN1C(=O)[C@H](CC(=O)O)NC(=O)[C@H](C)N)C(N)=O. The molecule has 1 aliphatic heterocycles. The number of nitrogens with two attached hydrogens (primary N) is 4. The summed E-state index contributed by atoms with van der Waals surface area (Å²) < 4.78 is 0. The van der Waals surface area contributed by atoms with Gasteiger partial charge in [0.05, 0.1) is 25.4 Å². The Hall–Kier alpha value is -7.85. The van der Waals surface area contributed by atoms with Gasteiger partial charge >= 0.3 is 5.97 Å². The molecule has 27 nitrogen and oxygen atoms in total. The first kappa shape index (κ1) is 67.4. The van der Waals surface area contributed by atoms with Crippen molar-refractivity contribution < 1.29 is 67.7 Å². The number of carboxylic acid groups (broad SMARTS) is 1. The lowest BCUT2D eigenvalue weighted by Gasteiger charge is -2.30. The van der Waals surface area contributed by atoms with Crippen LogP contribution in [0.5, 0.6) is 5.75 Å². The van der Waals surface area contributed by atoms with Crippen LogP contribution in [0.15, 0.2) is 54.6 Å². The van der Waals surface area contributed by atoms with Crippen LogP contribution in [0, 0.1) is 5.92 Å². The number of nitrogens with zero attached hydrogens (tertiary/aromatic N) is 1. The highest BCUT2D eigenvalue weighted by molar-refractivity contribution is 7.98. The van der Waals surface area contributed by atoms with E-state index >= 15 is 0 Å². The summed E-state index contributed by atoms with van der Waals surface area (Å²) in [6.07, 6.45) is 1.13. The number of unbranched alkanes of at least 4 members (excludes halogenated alkanes) is 1. The van der Waals surface area contributed by atoms with E-state index in [-0.39, 0.29) is 76.1 Å². The number of hydrogen-bond acceptors (Lipinski definition) is 16. The fourth-order valence-electron chi connectivity index (χ4n) is 8.61. The number of carboxylic acids is 1. The van der Waals surface area contributed by atoms with Crippen LogP contribution >= 0.6 is 11.8 Å². The second-order valence-corrected chi connectivity index (χ2v) is 21.1. The molecule has 1 heterocycles. The van der Waals surface area contributed by atoms with E-state index in [4.69, 9.17) is 22.9 Å². The normalized spacial score (nSPS) is 15.9. The summed E-state index contributed by atoms with van der Waals surface area (Å²) in [5.41, 5.74) is 23.4. The monoisotopic (exact) mass is 1150 g/mol. The molecular weight excluding hydrogens is 1070 g/mol. The predicted molar refractivity (Wildman–Crippen MR) is 297 cm³/mol. The van der Waals surface area contributed by atoms with Crippen LogP contribution in [0.1, 0.15) is 89.7 Å². The second-order valence-electron chi connectivity index (χ2n) is 20.1. The average molecular weight is 1150 g/mol. The largest absolute Gasteiger partial charge is 0.508 e. The molecule has 0 radical (unpaired) electrons. The number of carbonyl (C=O) groups excluding carboxylic acids is 11. The number of hydrogen-bond donors (Lipinski definition) is 14. The third kappa shape index (κ3) is 23.8. The zero-order chi connectivity index (χ0) is 60.3. The Morgan fingerprint density at radius 1 is 0.642 bits per heavy atom. The molecule has 3 rings (SSSR count). The summed E-state index contributed by atoms with van der Waals surface area (Å²) in [5.74, 6) is -10.7. The topological polar surface area (TPSA) is 449 Å². The number of benzene rings is 2. The molecule has 0 spiro atoms. The molecule has 18 N–H and O–H groups in total. The van der Waals surface area contributed by atoms with Gasteiger partial charge in [-0.05, 0) is 99.6 Å². The lowest BCUT2D eigenvalue weighted by molar-refractivity contribution is -0.146. The number of nitrogens with one attached hydrogen (secondary N) is 8. The predicted octanol–water partition coefficient (Wildman–Crippen LogP) is -3.21. The first-order valence-corrected chi connectivity index (χ1v) is 28.0. The minimum Gasteiger partial charge on any atom is -0.508 e. The fourth-order valence-corrected chi connectivity index (χ4v) is 9.08. The van der Waals surface area contributed by atoms with Crippen LogP contribution in [0.3, 0.4) is 0 Å². The number of carbonyl (C=O) groups is 12. The van der Waals surface area contributed by atoms with Crippen LogP contribution in [0.2, 0.25) is 0 Å². The third-order valence-electron chi connectivity index (χ3n) is 12.8. The van der Waals surface area contributed by atoms with Crippen LogP contribution < -0.4 is 65.5 Å². The van der Waals surface area contributed by atoms with Crippen molar-refractivity contribution in [3.05, 3.63) is 65.7 Å². The molecule has 2 aromatic rings. The minimum atomic E-state index is -1.73. The molecule has 0 bridgehead atoms. The maximum atomic E-state index is 14.5. The molecule has 0 unspecified atom stereocenters. The lowest BCUT2D eigenvalue weighted by atomic mass is 10.0. The molecule has 11 amide bonds. The van der Waals surface area contributed by atoms with Crippen LogP contribution in [-0.2, 0) is 70.4 Å². The standard InChI is InChI=1S/C53H79N13O14S/c1-29(2)23-36(49(76)60-34(45(57)72)19-22-81-4)59-43(69)28-58-47(74)37(25-32-15-17-33(67)18-16-32)62-50(77)38(24-31-11-6-5-7-12-31)63-48(75)35(13-8-9-20-54)61-51(78)39(26-42(56)68)64-52(79)41-14-10-21-66(41)53(80)40(27-44(70)71)65-46(73)30(3)55/h5-7,11-12,15-18,29-30,34-41,67H,8-10,13-14,19-28,54-55H2,1-4H3,(H2,56,68)(H2,57,72)(H,58,74)(H,59,69)(H,60,76)(H,61,78)(H,62,77)(H,63,75)(H,64,79)(H,65,73)(H,70,71)/t30-,34-,35-,36-,37-,38-,39-,40-,41-/m0/s1. The Morgan fingerprint density at radius 2 is 1.20 bits per heavy atom. The number of phenols is 1. The van der Waals surface area contributed by atoms with Gasteiger partial charge in [-0.25, -0.2) is 0 Å². The van der Waals surface area contributed by atoms with E-state index in [0.29, 0.717) is 23.3 Å². The Kier molecular flexibility index (Phi) is 28.6. The van der Waals surface area contributed by atoms with Crippen LogP contribution in [-0.4, -0.2) is 172 Å². The first-order chi connectivity index (χ1) is 38.3. The van der Waals surface area contributed by atoms with E-state index in [0.717, 1.165) is 4.90 Å². The summed E-state index contributed by atoms with van der Waals surface area (Å²) in [6, 6.07) is 1.99. The molecule has 81 heavy (non-hydrogen) atoms. The zero-order valence-electron chi connectivity index (χ0n) is 46.0. The highest BCUT2D eigenvalue weighted by Gasteiger charge is 2.41. The molecule has 0 saturated carbocycles. The number of amides is 11. The van der Waals surface area contributed by atoms with Crippen molar-refractivity contribution in [1.82, 2.24) is 47.4 Å². The van der Waals surface area contributed by atoms with Crippen molar-refractivity contribution in [2.24, 2.45) is 28.9 Å². The molecule has 2 aromatic carbocycles. The number of primary amides is 2. The number of thioether (sulfide) groups is 1. The minimum absolute atomic E-state index is 0.0323. The van der Waals surface area contributed by atoms with Gasteiger partial charge in [0.2, 0.25) is 65.0 Å². The quantitative estimate of drug-likeness (QED) is 0.0302. The maximum Gasteiger partial charge on any atom is 0.305 e. The summed E-state index contributed by atoms with van der Waals surface area (Å²) >= 11 is 1.45. The van der Waals surface area contributed by atoms with Crippen LogP contribution in [0.4, 0.5) is 0 Å². The second kappa shape index (κ2) is 34.3. The third-order valence-corrected chi connectivity index (χ3v) is 13.5. The molecule has 9 atom stereocenters. The summed E-state index contributed by atoms with van der Waals surface area (Å²) in [7, 11) is 0. The maximum absolute atomic E-state index is 14.5. The molecule has 446 valence electrons. The number of likely N-dealkylation sites (tertiary alicyclic amines) is 1. The van der Waals surface area contributed by atoms with Crippen molar-refractivity contribution in [2.75, 3.05) is 31.6 Å². The number of aromatic hydroxyl groups is 1. The molecule has 28 heteroatoms. The molecule has 1 aliphatic rings. The average Bonchev–Trinajstić information content (AvgIpc) is 3.94. The van der Waals surface area contributed by atoms with Gasteiger partial charge in [-0.2, -0.15) is 11.8 Å². The molecular formula is C53H79N13O14S. The fraction of sp³-hybridized carbons (Fsp3) is 0.547. The molecule has 1 fully saturated rings. The Bertz CT molecular complexity index is 2500. The van der Waals surface area contributed by atoms with Crippen molar-refractivity contribution in [3.8, 4) is 5.75 Å². The van der Waals surface area contributed by atoms with Gasteiger partial charge < -0.3 is 80.6 Å². The summed E-state index contributed by atoms with van der Waals surface area (Å²) in [5, 5.41) is 39.8. The highest BCUT2D eigenvalue weighted by Crippen LogP contribution is 2.21. The van der Waals surface area contributed by atoms with Crippen molar-refractivity contribution >= 4 is 82.7 Å². The lowest BCUT2D eigenvalue weighted by Crippen LogP contribution is -2.60. The van der Waals surface area contributed by atoms with Crippen LogP contribution in [0.25, 0.3) is 0 Å². The molecule has 0 aromatic heterocycles. The molecule has 0 aliphatic carbocycles. The van der Waals surface area contributed by atoms with Crippen molar-refractivity contribution in [1.29, 1.82) is 0 Å². The van der Waals surface area contributed by atoms with Gasteiger partial charge in [-0.3, -0.25) is 57.5 Å². The van der Waals surface area contributed by atoms with Gasteiger partial charge in [-0.15, -0.1) is 0 Å².